The summed E-state index contributed by atoms with van der Waals surface area (Å²) < 4.78 is 15.7. The lowest BCUT2D eigenvalue weighted by atomic mass is 9.93. The summed E-state index contributed by atoms with van der Waals surface area (Å²) >= 11 is 0. The molecule has 0 spiro atoms. The molecule has 1 rings (SSSR count). The van der Waals surface area contributed by atoms with Gasteiger partial charge in [0.05, 0.1) is 6.10 Å². The molecule has 0 saturated heterocycles. The molecule has 7 heteroatoms. The molecule has 144 valence electrons. The summed E-state index contributed by atoms with van der Waals surface area (Å²) in [6, 6.07) is 0. The minimum Gasteiger partial charge on any atom is -0.455 e. The number of ketones is 1. The number of hydrogen-bond donors (Lipinski definition) is 1. The zero-order valence-electron chi connectivity index (χ0n) is 16.1. The van der Waals surface area contributed by atoms with Crippen LogP contribution in [-0.4, -0.2) is 56.6 Å². The van der Waals surface area contributed by atoms with E-state index in [9.17, 15) is 14.7 Å². The Hall–Kier alpha value is -1.72. The van der Waals surface area contributed by atoms with Crippen molar-refractivity contribution in [3.8, 4) is 11.5 Å². The standard InChI is InChI=1S/C19H28O6Si/c1-19(24-14-23-2,11-9-16-7-6-8-18(22)25-16)17(21)13-15(20)10-12-26(3,4)5/h6,8-9,11,16-17,21H,7,13-14H2,1-5H3/b11-9+/t16-,17-,19-/m1/s1. The monoisotopic (exact) mass is 380 g/mol. The molecular weight excluding hydrogens is 352 g/mol. The minimum atomic E-state index is -1.67. The van der Waals surface area contributed by atoms with Crippen molar-refractivity contribution in [2.24, 2.45) is 0 Å². The third-order valence-corrected chi connectivity index (χ3v) is 4.51. The van der Waals surface area contributed by atoms with Crippen LogP contribution in [0, 0.1) is 11.5 Å². The third kappa shape index (κ3) is 8.10. The summed E-state index contributed by atoms with van der Waals surface area (Å²) in [4.78, 5) is 23.4. The molecule has 0 aromatic heterocycles. The number of carbonyl (C=O) groups excluding carboxylic acids is 2. The zero-order valence-corrected chi connectivity index (χ0v) is 17.1. The lowest BCUT2D eigenvalue weighted by molar-refractivity contribution is -0.150. The van der Waals surface area contributed by atoms with E-state index in [0.717, 1.165) is 0 Å². The van der Waals surface area contributed by atoms with Crippen molar-refractivity contribution in [1.82, 2.24) is 0 Å². The molecule has 0 radical (unpaired) electrons. The second kappa shape index (κ2) is 9.83. The lowest BCUT2D eigenvalue weighted by Crippen LogP contribution is -2.42. The number of cyclic esters (lactones) is 1. The molecule has 1 aliphatic rings. The molecule has 0 fully saturated rings. The van der Waals surface area contributed by atoms with Crippen LogP contribution in [0.25, 0.3) is 0 Å². The van der Waals surface area contributed by atoms with Crippen LogP contribution in [-0.2, 0) is 23.8 Å². The molecular formula is C19H28O6Si. The van der Waals surface area contributed by atoms with Gasteiger partial charge < -0.3 is 19.3 Å². The summed E-state index contributed by atoms with van der Waals surface area (Å²) in [6.07, 6.45) is 5.17. The van der Waals surface area contributed by atoms with Crippen LogP contribution in [0.5, 0.6) is 0 Å². The van der Waals surface area contributed by atoms with E-state index in [4.69, 9.17) is 14.2 Å². The molecule has 0 amide bonds. The quantitative estimate of drug-likeness (QED) is 0.228. The van der Waals surface area contributed by atoms with Gasteiger partial charge in [0.2, 0.25) is 5.78 Å². The van der Waals surface area contributed by atoms with Gasteiger partial charge in [0.25, 0.3) is 0 Å². The molecule has 1 heterocycles. The minimum absolute atomic E-state index is 0.0585. The Labute approximate surface area is 156 Å². The van der Waals surface area contributed by atoms with Crippen molar-refractivity contribution in [3.05, 3.63) is 24.3 Å². The van der Waals surface area contributed by atoms with Gasteiger partial charge in [0, 0.05) is 26.0 Å². The van der Waals surface area contributed by atoms with Gasteiger partial charge in [-0.15, -0.1) is 5.54 Å². The zero-order chi connectivity index (χ0) is 19.8. The molecule has 0 aromatic rings. The van der Waals surface area contributed by atoms with Crippen molar-refractivity contribution >= 4 is 19.8 Å². The molecule has 1 N–H and O–H groups in total. The van der Waals surface area contributed by atoms with Gasteiger partial charge in [0.15, 0.2) is 0 Å². The summed E-state index contributed by atoms with van der Waals surface area (Å²) in [6.45, 7) is 7.71. The summed E-state index contributed by atoms with van der Waals surface area (Å²) in [7, 11) is -0.199. The first-order chi connectivity index (χ1) is 12.1. The molecule has 0 saturated carbocycles. The average molecular weight is 381 g/mol. The Kier molecular flexibility index (Phi) is 8.44. The van der Waals surface area contributed by atoms with Crippen molar-refractivity contribution in [2.75, 3.05) is 13.9 Å². The molecule has 6 nitrogen and oxygen atoms in total. The van der Waals surface area contributed by atoms with Crippen LogP contribution in [0.4, 0.5) is 0 Å². The van der Waals surface area contributed by atoms with E-state index in [1.165, 1.54) is 13.2 Å². The van der Waals surface area contributed by atoms with E-state index in [0.29, 0.717) is 6.42 Å². The molecule has 0 unspecified atom stereocenters. The first kappa shape index (κ1) is 22.3. The topological polar surface area (TPSA) is 82.1 Å². The van der Waals surface area contributed by atoms with E-state index in [1.54, 1.807) is 25.2 Å². The van der Waals surface area contributed by atoms with E-state index in [-0.39, 0.29) is 19.0 Å². The second-order valence-corrected chi connectivity index (χ2v) is 12.1. The van der Waals surface area contributed by atoms with Gasteiger partial charge in [-0.25, -0.2) is 4.79 Å². The van der Waals surface area contributed by atoms with Gasteiger partial charge in [-0.2, -0.15) is 0 Å². The number of esters is 1. The Morgan fingerprint density at radius 1 is 1.54 bits per heavy atom. The maximum absolute atomic E-state index is 12.1. The largest absolute Gasteiger partial charge is 0.455 e. The Bertz CT molecular complexity index is 622. The SMILES string of the molecule is COCO[C@](C)(/C=C/[C@H]1CC=CC(=O)O1)[C@H](O)CC(=O)C#C[Si](C)(C)C. The summed E-state index contributed by atoms with van der Waals surface area (Å²) in [5.41, 5.74) is 1.81. The van der Waals surface area contributed by atoms with Crippen molar-refractivity contribution < 1.29 is 28.9 Å². The van der Waals surface area contributed by atoms with Gasteiger partial charge in [-0.05, 0) is 18.9 Å². The van der Waals surface area contributed by atoms with Crippen LogP contribution in [0.3, 0.4) is 0 Å². The van der Waals surface area contributed by atoms with E-state index in [1.807, 2.05) is 19.6 Å². The normalized spacial score (nSPS) is 20.8. The van der Waals surface area contributed by atoms with Crippen LogP contribution < -0.4 is 0 Å². The van der Waals surface area contributed by atoms with Crippen molar-refractivity contribution in [2.45, 2.75) is 57.2 Å². The molecule has 1 aliphatic heterocycles. The Morgan fingerprint density at radius 2 is 2.23 bits per heavy atom. The highest BCUT2D eigenvalue weighted by Gasteiger charge is 2.33. The maximum atomic E-state index is 12.1. The molecule has 26 heavy (non-hydrogen) atoms. The highest BCUT2D eigenvalue weighted by Crippen LogP contribution is 2.22. The Morgan fingerprint density at radius 3 is 2.81 bits per heavy atom. The smallest absolute Gasteiger partial charge is 0.331 e. The number of carbonyl (C=O) groups is 2. The van der Waals surface area contributed by atoms with Crippen LogP contribution in [0.15, 0.2) is 24.3 Å². The van der Waals surface area contributed by atoms with Gasteiger partial charge in [-0.1, -0.05) is 31.8 Å². The highest BCUT2D eigenvalue weighted by molar-refractivity contribution is 6.84. The average Bonchev–Trinajstić information content (AvgIpc) is 2.56. The fourth-order valence-electron chi connectivity index (χ4n) is 2.08. The lowest BCUT2D eigenvalue weighted by Gasteiger charge is -2.31. The number of Topliss-reactive ketones (excluding diaryl/α,β-unsaturated/α-hetero) is 1. The molecule has 0 bridgehead atoms. The Balaban J connectivity index is 2.84. The van der Waals surface area contributed by atoms with E-state index >= 15 is 0 Å². The van der Waals surface area contributed by atoms with Crippen LogP contribution >= 0.6 is 0 Å². The van der Waals surface area contributed by atoms with Crippen LogP contribution in [0.1, 0.15) is 19.8 Å². The van der Waals surface area contributed by atoms with E-state index in [2.05, 4.69) is 11.5 Å². The van der Waals surface area contributed by atoms with Crippen molar-refractivity contribution in [1.29, 1.82) is 0 Å². The second-order valence-electron chi connectivity index (χ2n) is 7.35. The third-order valence-electron chi connectivity index (χ3n) is 3.64. The number of hydrogen-bond acceptors (Lipinski definition) is 6. The predicted octanol–water partition coefficient (Wildman–Crippen LogP) is 1.99. The first-order valence-corrected chi connectivity index (χ1v) is 12.0. The van der Waals surface area contributed by atoms with Crippen molar-refractivity contribution in [3.63, 3.8) is 0 Å². The van der Waals surface area contributed by atoms with Gasteiger partial charge in [-0.3, -0.25) is 4.79 Å². The molecule has 0 aromatic carbocycles. The highest BCUT2D eigenvalue weighted by atomic mass is 28.3. The van der Waals surface area contributed by atoms with Gasteiger partial charge in [0.1, 0.15) is 26.6 Å². The van der Waals surface area contributed by atoms with E-state index < -0.39 is 31.9 Å². The summed E-state index contributed by atoms with van der Waals surface area (Å²) in [5, 5.41) is 10.5. The number of methoxy groups -OCH3 is 1. The molecule has 3 atom stereocenters. The summed E-state index contributed by atoms with van der Waals surface area (Å²) in [5.74, 6) is 1.86. The number of aliphatic hydroxyl groups is 1. The fourth-order valence-corrected chi connectivity index (χ4v) is 2.59. The predicted molar refractivity (Wildman–Crippen MR) is 101 cm³/mol. The molecule has 0 aliphatic carbocycles. The van der Waals surface area contributed by atoms with Crippen LogP contribution in [0.2, 0.25) is 19.6 Å². The first-order valence-electron chi connectivity index (χ1n) is 8.49. The number of rotatable bonds is 8. The number of aliphatic hydroxyl groups excluding tert-OH is 1. The fraction of sp³-hybridized carbons (Fsp3) is 0.579. The maximum Gasteiger partial charge on any atom is 0.331 e. The van der Waals surface area contributed by atoms with Gasteiger partial charge >= 0.3 is 5.97 Å². The number of ether oxygens (including phenoxy) is 3.